The van der Waals surface area contributed by atoms with Crippen LogP contribution < -0.4 is 10.7 Å². The molecule has 4 aliphatic rings. The van der Waals surface area contributed by atoms with Crippen LogP contribution in [0.2, 0.25) is 5.04 Å². The standard InChI is InChI=1S/C55H70N8O7Si2/c1-11-45(64)61-24-21-54(71,31-61)51(67)60(9)47(33(3)4)49(65)57-43-26-35-15-13-16-36(25-35)37-17-18-44-39(27-37)41(29-53(6,7)32-70-52(68)55(72)20-14-22-63(58-55)50(43)66)48(62(44)12-2)40-28-38-30-59(8)23-19-42(38)56-46(40)34(5)69-10/h11,13,15-18,25,27-28,33-34,43,47,58H,1,12,14,19-24,26,29-32H2,2-10H3,(H,57,65)/t34-,43-,47-,54?,55-/m0/s1. The first-order valence-corrected chi connectivity index (χ1v) is 26.3. The molecule has 15 nitrogen and oxygen atoms in total. The van der Waals surface area contributed by atoms with E-state index in [9.17, 15) is 24.0 Å². The number of nitrogens with zero attached hydrogens (tertiary/aromatic N) is 6. The van der Waals surface area contributed by atoms with Crippen molar-refractivity contribution in [3.8, 4) is 22.4 Å². The Hall–Kier alpha value is -5.47. The Morgan fingerprint density at radius 2 is 1.81 bits per heavy atom. The van der Waals surface area contributed by atoms with E-state index < -0.39 is 45.5 Å². The highest BCUT2D eigenvalue weighted by atomic mass is 28.1. The maximum Gasteiger partial charge on any atom is 0.323 e. The quantitative estimate of drug-likeness (QED) is 0.119. The number of carbonyl (C=O) groups excluding carboxylic acids is 5. The van der Waals surface area contributed by atoms with Gasteiger partial charge in [0, 0.05) is 104 Å². The summed E-state index contributed by atoms with van der Waals surface area (Å²) in [5.74, 6) is -2.49. The minimum absolute atomic E-state index is 0.0852. The molecule has 72 heavy (non-hydrogen) atoms. The number of hydrogen-bond donors (Lipinski definition) is 2. The molecule has 6 radical (unpaired) electrons. The number of aryl methyl sites for hydroxylation is 1. The summed E-state index contributed by atoms with van der Waals surface area (Å²) in [6.45, 7) is 19.0. The van der Waals surface area contributed by atoms with E-state index in [-0.39, 0.29) is 50.0 Å². The van der Waals surface area contributed by atoms with Crippen molar-refractivity contribution in [2.75, 3.05) is 54.0 Å². The number of cyclic esters (lactones) is 1. The number of ether oxygens (including phenoxy) is 2. The number of pyridine rings is 1. The van der Waals surface area contributed by atoms with Gasteiger partial charge in [-0.2, -0.15) is 0 Å². The molecule has 5 atom stereocenters. The maximum absolute atomic E-state index is 14.9. The summed E-state index contributed by atoms with van der Waals surface area (Å²) in [6.07, 6.45) is 3.65. The molecule has 380 valence electrons. The summed E-state index contributed by atoms with van der Waals surface area (Å²) in [6, 6.07) is 14.8. The zero-order valence-electron chi connectivity index (χ0n) is 43.4. The predicted octanol–water partition coefficient (Wildman–Crippen LogP) is 5.46. The van der Waals surface area contributed by atoms with Gasteiger partial charge in [-0.1, -0.05) is 64.6 Å². The SMILES string of the molecule is C=CC(=O)N1CCC([Si])(C(=O)N(C)[C@H](C(=O)N[C@H]2Cc3cccc(c3)-c3ccc4c(c3)c(c(-c3cc5c(nc3[C@H](C)OC)CCN(C)C5)n4CC)CC(C)(C)COC(=O)[C@@]3([Si])CCCN(N3)C2=O)C(C)C)C1. The van der Waals surface area contributed by atoms with E-state index in [1.165, 1.54) is 21.5 Å². The number of rotatable bonds is 10. The molecule has 8 rings (SSSR count). The predicted molar refractivity (Wildman–Crippen MR) is 280 cm³/mol. The lowest BCUT2D eigenvalue weighted by Crippen LogP contribution is -2.67. The summed E-state index contributed by atoms with van der Waals surface area (Å²) < 4.78 is 14.7. The lowest BCUT2D eigenvalue weighted by atomic mass is 9.83. The fourth-order valence-electron chi connectivity index (χ4n) is 11.2. The number of carbonyl (C=O) groups is 5. The van der Waals surface area contributed by atoms with E-state index in [2.05, 4.69) is 118 Å². The monoisotopic (exact) mass is 1010 g/mol. The topological polar surface area (TPSA) is 159 Å². The lowest BCUT2D eigenvalue weighted by molar-refractivity contribution is -0.158. The number of likely N-dealkylation sites (N-methyl/N-ethyl adjacent to an activating group) is 2. The first kappa shape index (κ1) is 52.8. The largest absolute Gasteiger partial charge is 0.464 e. The van der Waals surface area contributed by atoms with Gasteiger partial charge in [0.15, 0.2) is 0 Å². The molecule has 0 aliphatic carbocycles. The third kappa shape index (κ3) is 10.4. The summed E-state index contributed by atoms with van der Waals surface area (Å²) in [5.41, 5.74) is 12.8. The van der Waals surface area contributed by atoms with Gasteiger partial charge in [-0.05, 0) is 105 Å². The Kier molecular flexibility index (Phi) is 15.3. The minimum atomic E-state index is -1.44. The Morgan fingerprint density at radius 3 is 2.51 bits per heavy atom. The molecule has 4 amide bonds. The van der Waals surface area contributed by atoms with Crippen LogP contribution in [0.25, 0.3) is 33.3 Å². The normalized spacial score (nSPS) is 23.5. The van der Waals surface area contributed by atoms with Crippen LogP contribution in [0.1, 0.15) is 95.0 Å². The van der Waals surface area contributed by atoms with Crippen molar-refractivity contribution >= 4 is 61.0 Å². The Morgan fingerprint density at radius 1 is 1.06 bits per heavy atom. The van der Waals surface area contributed by atoms with Crippen LogP contribution in [0, 0.1) is 11.3 Å². The van der Waals surface area contributed by atoms with Gasteiger partial charge < -0.3 is 34.1 Å². The number of aromatic nitrogens is 2. The van der Waals surface area contributed by atoms with E-state index in [1.807, 2.05) is 26.0 Å². The average Bonchev–Trinajstić information content (AvgIpc) is 3.91. The first-order chi connectivity index (χ1) is 34.1. The van der Waals surface area contributed by atoms with Crippen molar-refractivity contribution < 1.29 is 33.4 Å². The van der Waals surface area contributed by atoms with Gasteiger partial charge >= 0.3 is 5.97 Å². The van der Waals surface area contributed by atoms with Crippen LogP contribution in [0.4, 0.5) is 0 Å². The van der Waals surface area contributed by atoms with Crippen molar-refractivity contribution in [1.29, 1.82) is 0 Å². The van der Waals surface area contributed by atoms with Crippen LogP contribution >= 0.6 is 0 Å². The Balaban J connectivity index is 1.22. The molecule has 2 fully saturated rings. The number of amides is 4. The van der Waals surface area contributed by atoms with Crippen molar-refractivity contribution in [2.45, 2.75) is 122 Å². The van der Waals surface area contributed by atoms with Crippen LogP contribution in [0.3, 0.4) is 0 Å². The van der Waals surface area contributed by atoms with Gasteiger partial charge in [-0.25, -0.2) is 5.43 Å². The number of hydrogen-bond acceptors (Lipinski definition) is 10. The highest BCUT2D eigenvalue weighted by Gasteiger charge is 2.47. The number of esters is 1. The summed E-state index contributed by atoms with van der Waals surface area (Å²) in [4.78, 5) is 81.4. The molecule has 17 heteroatoms. The first-order valence-electron chi connectivity index (χ1n) is 25.3. The highest BCUT2D eigenvalue weighted by molar-refractivity contribution is 6.29. The van der Waals surface area contributed by atoms with Crippen LogP contribution in [0.5, 0.6) is 0 Å². The lowest BCUT2D eigenvalue weighted by Gasteiger charge is -2.42. The number of benzene rings is 2. The second-order valence-corrected chi connectivity index (χ2v) is 23.4. The fourth-order valence-corrected chi connectivity index (χ4v) is 12.0. The zero-order chi connectivity index (χ0) is 52.0. The number of hydrazine groups is 1. The molecule has 0 spiro atoms. The molecule has 4 aliphatic heterocycles. The minimum Gasteiger partial charge on any atom is -0.464 e. The molecule has 2 N–H and O–H groups in total. The van der Waals surface area contributed by atoms with Crippen molar-refractivity contribution in [1.82, 2.24) is 40.0 Å². The van der Waals surface area contributed by atoms with Crippen molar-refractivity contribution in [3.63, 3.8) is 0 Å². The molecule has 0 saturated carbocycles. The zero-order valence-corrected chi connectivity index (χ0v) is 45.4. The van der Waals surface area contributed by atoms with Gasteiger partial charge in [0.25, 0.3) is 5.91 Å². The van der Waals surface area contributed by atoms with Crippen molar-refractivity contribution in [2.24, 2.45) is 11.3 Å². The average molecular weight is 1010 g/mol. The number of fused-ring (bicyclic) bond motifs is 7. The Bertz CT molecular complexity index is 2790. The van der Waals surface area contributed by atoms with Gasteiger partial charge in [0.1, 0.15) is 17.2 Å². The fraction of sp³-hybridized carbons (Fsp3) is 0.527. The third-order valence-corrected chi connectivity index (χ3v) is 16.3. The second kappa shape index (κ2) is 20.8. The summed E-state index contributed by atoms with van der Waals surface area (Å²) >= 11 is 0. The second-order valence-electron chi connectivity index (χ2n) is 21.6. The van der Waals surface area contributed by atoms with E-state index >= 15 is 0 Å². The number of nitrogens with one attached hydrogen (secondary N) is 2. The van der Waals surface area contributed by atoms with Crippen LogP contribution in [0.15, 0.2) is 61.2 Å². The maximum atomic E-state index is 14.9. The van der Waals surface area contributed by atoms with E-state index in [0.29, 0.717) is 38.8 Å². The third-order valence-electron chi connectivity index (χ3n) is 15.1. The molecule has 1 unspecified atom stereocenters. The van der Waals surface area contributed by atoms with Crippen LogP contribution in [-0.4, -0.2) is 151 Å². The number of methoxy groups -OCH3 is 1. The molecule has 6 bridgehead atoms. The molecular weight excluding hydrogens is 941 g/mol. The van der Waals surface area contributed by atoms with Gasteiger partial charge in [0.2, 0.25) is 17.7 Å². The molecule has 2 aromatic heterocycles. The highest BCUT2D eigenvalue weighted by Crippen LogP contribution is 2.43. The molecule has 4 aromatic rings. The van der Waals surface area contributed by atoms with Crippen molar-refractivity contribution in [3.05, 3.63) is 89.3 Å². The summed E-state index contributed by atoms with van der Waals surface area (Å²) in [7, 11) is 12.9. The Labute approximate surface area is 431 Å². The molecule has 2 aromatic carbocycles. The van der Waals surface area contributed by atoms with Gasteiger partial charge in [-0.3, -0.25) is 34.0 Å². The number of likely N-dealkylation sites (tertiary alicyclic amines) is 1. The van der Waals surface area contributed by atoms with E-state index in [4.69, 9.17) is 14.5 Å². The van der Waals surface area contributed by atoms with Crippen LogP contribution in [-0.2, 0) is 65.8 Å². The van der Waals surface area contributed by atoms with Gasteiger partial charge in [0.05, 0.1) is 39.4 Å². The summed E-state index contributed by atoms with van der Waals surface area (Å²) in [5, 5.41) is 3.00. The van der Waals surface area contributed by atoms with E-state index in [0.717, 1.165) is 75.3 Å². The van der Waals surface area contributed by atoms with Gasteiger partial charge in [-0.15, -0.1) is 0 Å². The van der Waals surface area contributed by atoms with E-state index in [1.54, 1.807) is 19.1 Å². The molecule has 6 heterocycles. The smallest absolute Gasteiger partial charge is 0.323 e. The molecular formula is C55H70N8O7Si2. The molecule has 2 saturated heterocycles.